The fourth-order valence-electron chi connectivity index (χ4n) is 0.768. The van der Waals surface area contributed by atoms with E-state index in [1.807, 2.05) is 0 Å². The number of nitrogens with zero attached hydrogens (tertiary/aromatic N) is 1. The van der Waals surface area contributed by atoms with Gasteiger partial charge in [0.2, 0.25) is 5.91 Å². The highest BCUT2D eigenvalue weighted by molar-refractivity contribution is 5.85. The molecule has 0 aromatic carbocycles. The Hall–Kier alpha value is -0.830. The van der Waals surface area contributed by atoms with Gasteiger partial charge >= 0.3 is 0 Å². The minimum atomic E-state index is -0.780. The van der Waals surface area contributed by atoms with Crippen LogP contribution < -0.4 is 5.73 Å². The monoisotopic (exact) mass is 156 g/mol. The number of carbonyl (C=O) groups excluding carboxylic acids is 1. The van der Waals surface area contributed by atoms with Crippen molar-refractivity contribution in [3.63, 3.8) is 0 Å². The van der Waals surface area contributed by atoms with Crippen molar-refractivity contribution in [1.29, 1.82) is 0 Å². The molecule has 0 radical (unpaired) electrons. The van der Waals surface area contributed by atoms with Crippen LogP contribution in [-0.2, 0) is 4.79 Å². The van der Waals surface area contributed by atoms with E-state index >= 15 is 0 Å². The van der Waals surface area contributed by atoms with Crippen LogP contribution in [0.4, 0.5) is 0 Å². The molecule has 0 aliphatic rings. The number of rotatable bonds is 3. The lowest BCUT2D eigenvalue weighted by molar-refractivity contribution is -0.133. The van der Waals surface area contributed by atoms with E-state index in [2.05, 4.69) is 6.58 Å². The Morgan fingerprint density at radius 1 is 1.73 bits per heavy atom. The summed E-state index contributed by atoms with van der Waals surface area (Å²) in [4.78, 5) is 12.9. The van der Waals surface area contributed by atoms with E-state index in [4.69, 9.17) is 5.73 Å². The highest BCUT2D eigenvalue weighted by atomic mass is 16.2. The molecule has 11 heavy (non-hydrogen) atoms. The third-order valence-electron chi connectivity index (χ3n) is 1.30. The number of nitrogens with two attached hydrogens (primary N) is 1. The summed E-state index contributed by atoms with van der Waals surface area (Å²) in [5.74, 6) is -0.0719. The molecular weight excluding hydrogens is 140 g/mol. The third kappa shape index (κ3) is 3.18. The third-order valence-corrected chi connectivity index (χ3v) is 1.30. The van der Waals surface area contributed by atoms with Gasteiger partial charge < -0.3 is 10.6 Å². The zero-order valence-electron chi connectivity index (χ0n) is 7.42. The lowest BCUT2D eigenvalue weighted by Crippen LogP contribution is -2.49. The number of carbonyl (C=O) groups is 1. The van der Waals surface area contributed by atoms with Crippen molar-refractivity contribution in [3.05, 3.63) is 12.7 Å². The van der Waals surface area contributed by atoms with Crippen LogP contribution in [0, 0.1) is 0 Å². The highest BCUT2D eigenvalue weighted by Crippen LogP contribution is 2.01. The first-order chi connectivity index (χ1) is 4.89. The van der Waals surface area contributed by atoms with Crippen LogP contribution in [0.3, 0.4) is 0 Å². The molecule has 0 spiro atoms. The summed E-state index contributed by atoms with van der Waals surface area (Å²) in [5, 5.41) is 0. The fourth-order valence-corrected chi connectivity index (χ4v) is 0.768. The van der Waals surface area contributed by atoms with E-state index in [1.54, 1.807) is 31.9 Å². The highest BCUT2D eigenvalue weighted by Gasteiger charge is 2.24. The van der Waals surface area contributed by atoms with Crippen molar-refractivity contribution in [3.8, 4) is 0 Å². The van der Waals surface area contributed by atoms with Crippen LogP contribution in [0.5, 0.6) is 0 Å². The van der Waals surface area contributed by atoms with E-state index in [1.165, 1.54) is 0 Å². The molecule has 1 amide bonds. The SMILES string of the molecule is C=CCN(C)C(=O)C(C)(C)N. The van der Waals surface area contributed by atoms with Crippen molar-refractivity contribution in [1.82, 2.24) is 4.90 Å². The first kappa shape index (κ1) is 10.2. The molecule has 0 heterocycles. The molecule has 64 valence electrons. The molecular formula is C8H16N2O. The first-order valence-electron chi connectivity index (χ1n) is 3.55. The smallest absolute Gasteiger partial charge is 0.242 e. The van der Waals surface area contributed by atoms with Crippen LogP contribution in [0.1, 0.15) is 13.8 Å². The largest absolute Gasteiger partial charge is 0.340 e. The molecule has 0 bridgehead atoms. The molecule has 0 saturated carbocycles. The lowest BCUT2D eigenvalue weighted by atomic mass is 10.1. The number of hydrogen-bond donors (Lipinski definition) is 1. The van der Waals surface area contributed by atoms with Crippen molar-refractivity contribution >= 4 is 5.91 Å². The molecule has 3 nitrogen and oxygen atoms in total. The molecule has 0 atom stereocenters. The zero-order valence-corrected chi connectivity index (χ0v) is 7.42. The van der Waals surface area contributed by atoms with Crippen molar-refractivity contribution in [2.45, 2.75) is 19.4 Å². The van der Waals surface area contributed by atoms with Crippen LogP contribution in [0.25, 0.3) is 0 Å². The van der Waals surface area contributed by atoms with E-state index in [9.17, 15) is 4.79 Å². The summed E-state index contributed by atoms with van der Waals surface area (Å²) < 4.78 is 0. The Balaban J connectivity index is 4.13. The van der Waals surface area contributed by atoms with Gasteiger partial charge in [-0.05, 0) is 13.8 Å². The second kappa shape index (κ2) is 3.53. The number of hydrogen-bond acceptors (Lipinski definition) is 2. The fraction of sp³-hybridized carbons (Fsp3) is 0.625. The molecule has 2 N–H and O–H groups in total. The Kier molecular flexibility index (Phi) is 3.26. The zero-order chi connectivity index (χ0) is 9.07. The number of amides is 1. The molecule has 3 heteroatoms. The van der Waals surface area contributed by atoms with E-state index < -0.39 is 5.54 Å². The molecule has 0 aliphatic heterocycles. The summed E-state index contributed by atoms with van der Waals surface area (Å²) in [6, 6.07) is 0. The molecule has 0 unspecified atom stereocenters. The molecule has 0 saturated heterocycles. The van der Waals surface area contributed by atoms with Crippen molar-refractivity contribution in [2.24, 2.45) is 5.73 Å². The average Bonchev–Trinajstić information content (AvgIpc) is 1.85. The second-order valence-electron chi connectivity index (χ2n) is 3.20. The predicted octanol–water partition coefficient (Wildman–Crippen LogP) is 0.368. The average molecular weight is 156 g/mol. The van der Waals surface area contributed by atoms with Crippen LogP contribution in [0.15, 0.2) is 12.7 Å². The van der Waals surface area contributed by atoms with Gasteiger partial charge in [0.1, 0.15) is 0 Å². The summed E-state index contributed by atoms with van der Waals surface area (Å²) in [6.07, 6.45) is 1.67. The van der Waals surface area contributed by atoms with Gasteiger partial charge in [0, 0.05) is 13.6 Å². The van der Waals surface area contributed by atoms with Gasteiger partial charge in [0.25, 0.3) is 0 Å². The number of likely N-dealkylation sites (N-methyl/N-ethyl adjacent to an activating group) is 1. The summed E-state index contributed by atoms with van der Waals surface area (Å²) in [6.45, 7) is 7.45. The van der Waals surface area contributed by atoms with Gasteiger partial charge in [-0.3, -0.25) is 4.79 Å². The second-order valence-corrected chi connectivity index (χ2v) is 3.20. The minimum absolute atomic E-state index is 0.0719. The normalized spacial score (nSPS) is 10.9. The maximum atomic E-state index is 11.3. The molecule has 0 rings (SSSR count). The molecule has 0 aromatic rings. The van der Waals surface area contributed by atoms with Gasteiger partial charge in [0.15, 0.2) is 0 Å². The Bertz CT molecular complexity index is 158. The summed E-state index contributed by atoms with van der Waals surface area (Å²) in [5.41, 5.74) is 4.80. The minimum Gasteiger partial charge on any atom is -0.340 e. The topological polar surface area (TPSA) is 46.3 Å². The quantitative estimate of drug-likeness (QED) is 0.600. The van der Waals surface area contributed by atoms with Crippen LogP contribution in [-0.4, -0.2) is 29.9 Å². The maximum Gasteiger partial charge on any atom is 0.242 e. The van der Waals surface area contributed by atoms with Gasteiger partial charge in [-0.1, -0.05) is 6.08 Å². The van der Waals surface area contributed by atoms with Gasteiger partial charge in [-0.25, -0.2) is 0 Å². The van der Waals surface area contributed by atoms with E-state index in [-0.39, 0.29) is 5.91 Å². The summed E-state index contributed by atoms with van der Waals surface area (Å²) in [7, 11) is 1.71. The van der Waals surface area contributed by atoms with Crippen molar-refractivity contribution < 1.29 is 4.79 Å². The van der Waals surface area contributed by atoms with Gasteiger partial charge in [0.05, 0.1) is 5.54 Å². The molecule has 0 aliphatic carbocycles. The lowest BCUT2D eigenvalue weighted by Gasteiger charge is -2.24. The van der Waals surface area contributed by atoms with Gasteiger partial charge in [-0.15, -0.1) is 6.58 Å². The van der Waals surface area contributed by atoms with Gasteiger partial charge in [-0.2, -0.15) is 0 Å². The van der Waals surface area contributed by atoms with Crippen LogP contribution in [0.2, 0.25) is 0 Å². The molecule has 0 fully saturated rings. The van der Waals surface area contributed by atoms with Crippen molar-refractivity contribution in [2.75, 3.05) is 13.6 Å². The Morgan fingerprint density at radius 3 is 2.45 bits per heavy atom. The first-order valence-corrected chi connectivity index (χ1v) is 3.55. The van der Waals surface area contributed by atoms with E-state index in [0.717, 1.165) is 0 Å². The summed E-state index contributed by atoms with van der Waals surface area (Å²) >= 11 is 0. The molecule has 0 aromatic heterocycles. The standard InChI is InChI=1S/C8H16N2O/c1-5-6-10(4)7(11)8(2,3)9/h5H,1,6,9H2,2-4H3. The maximum absolute atomic E-state index is 11.3. The Labute approximate surface area is 67.9 Å². The Morgan fingerprint density at radius 2 is 2.18 bits per heavy atom. The van der Waals surface area contributed by atoms with E-state index in [0.29, 0.717) is 6.54 Å². The predicted molar refractivity (Wildman–Crippen MR) is 46.1 cm³/mol. The van der Waals surface area contributed by atoms with Crippen LogP contribution >= 0.6 is 0 Å².